The minimum atomic E-state index is -0.00843. The predicted octanol–water partition coefficient (Wildman–Crippen LogP) is 3.34. The van der Waals surface area contributed by atoms with E-state index in [9.17, 15) is 4.79 Å². The molecule has 0 spiro atoms. The zero-order chi connectivity index (χ0) is 15.0. The molecular weight excluding hydrogens is 264 g/mol. The van der Waals surface area contributed by atoms with Crippen molar-refractivity contribution in [3.05, 3.63) is 53.0 Å². The molecule has 1 aromatic carbocycles. The summed E-state index contributed by atoms with van der Waals surface area (Å²) in [5, 5.41) is 0. The molecule has 0 saturated carbocycles. The van der Waals surface area contributed by atoms with Gasteiger partial charge in [-0.3, -0.25) is 4.79 Å². The Balaban J connectivity index is 2.04. The molecule has 0 saturated heterocycles. The van der Waals surface area contributed by atoms with Gasteiger partial charge in [-0.15, -0.1) is 0 Å². The molecule has 3 rings (SSSR count). The summed E-state index contributed by atoms with van der Waals surface area (Å²) in [5.74, 6) is 1.42. The topological polar surface area (TPSA) is 59.5 Å². The lowest BCUT2D eigenvalue weighted by atomic mass is 10.0. The second kappa shape index (κ2) is 5.37. The van der Waals surface area contributed by atoms with Crippen molar-refractivity contribution >= 4 is 11.6 Å². The van der Waals surface area contributed by atoms with Crippen LogP contribution in [0.15, 0.2) is 34.7 Å². The number of amides is 1. The van der Waals surface area contributed by atoms with Gasteiger partial charge < -0.3 is 15.1 Å². The molecule has 21 heavy (non-hydrogen) atoms. The van der Waals surface area contributed by atoms with Crippen LogP contribution in [-0.4, -0.2) is 12.5 Å². The molecule has 110 valence electrons. The fraction of sp³-hybridized carbons (Fsp3) is 0.353. The van der Waals surface area contributed by atoms with E-state index >= 15 is 0 Å². The molecule has 1 atom stereocenters. The van der Waals surface area contributed by atoms with Crippen LogP contribution in [0.25, 0.3) is 0 Å². The number of aryl methyl sites for hydroxylation is 2. The van der Waals surface area contributed by atoms with E-state index in [1.54, 1.807) is 0 Å². The lowest BCUT2D eigenvalue weighted by Crippen LogP contribution is -2.32. The second-order valence-corrected chi connectivity index (χ2v) is 5.59. The summed E-state index contributed by atoms with van der Waals surface area (Å²) in [6.07, 6.45) is 1.79. The van der Waals surface area contributed by atoms with E-state index in [1.165, 1.54) is 0 Å². The summed E-state index contributed by atoms with van der Waals surface area (Å²) in [6, 6.07) is 9.71. The van der Waals surface area contributed by atoms with Crippen molar-refractivity contribution in [2.45, 2.75) is 32.7 Å². The molecule has 1 aliphatic rings. The van der Waals surface area contributed by atoms with Crippen LogP contribution in [0.2, 0.25) is 0 Å². The molecule has 2 aromatic rings. The second-order valence-electron chi connectivity index (χ2n) is 5.59. The first-order chi connectivity index (χ1) is 10.1. The minimum Gasteiger partial charge on any atom is -0.466 e. The number of carbonyl (C=O) groups excluding carboxylic acids is 1. The highest BCUT2D eigenvalue weighted by molar-refractivity contribution is 6.07. The fourth-order valence-electron chi connectivity index (χ4n) is 2.99. The quantitative estimate of drug-likeness (QED) is 0.873. The molecule has 4 nitrogen and oxygen atoms in total. The highest BCUT2D eigenvalue weighted by atomic mass is 16.3. The molecule has 1 unspecified atom stereocenters. The molecule has 0 radical (unpaired) electrons. The summed E-state index contributed by atoms with van der Waals surface area (Å²) in [4.78, 5) is 14.7. The van der Waals surface area contributed by atoms with Gasteiger partial charge in [-0.2, -0.15) is 0 Å². The van der Waals surface area contributed by atoms with Crippen LogP contribution in [-0.2, 0) is 0 Å². The standard InChI is InChI=1S/C17H20N2O2/c1-11-10-14(12(2)21-11)17(20)19-9-5-7-15(18)13-6-3-4-8-16(13)19/h3-4,6,8,10,15H,5,7,9,18H2,1-2H3. The van der Waals surface area contributed by atoms with Crippen molar-refractivity contribution < 1.29 is 9.21 Å². The Hall–Kier alpha value is -2.07. The SMILES string of the molecule is Cc1cc(C(=O)N2CCCC(N)c3ccccc32)c(C)o1. The van der Waals surface area contributed by atoms with Gasteiger partial charge in [-0.05, 0) is 44.4 Å². The third-order valence-corrected chi connectivity index (χ3v) is 4.04. The third kappa shape index (κ3) is 2.47. The lowest BCUT2D eigenvalue weighted by molar-refractivity contribution is 0.0985. The van der Waals surface area contributed by atoms with Gasteiger partial charge in [0.2, 0.25) is 0 Å². The normalized spacial score (nSPS) is 18.2. The number of anilines is 1. The van der Waals surface area contributed by atoms with Crippen LogP contribution in [0.5, 0.6) is 0 Å². The zero-order valence-corrected chi connectivity index (χ0v) is 12.4. The van der Waals surface area contributed by atoms with Gasteiger partial charge in [0.25, 0.3) is 5.91 Å². The van der Waals surface area contributed by atoms with Crippen LogP contribution >= 0.6 is 0 Å². The summed E-state index contributed by atoms with van der Waals surface area (Å²) >= 11 is 0. The number of carbonyl (C=O) groups is 1. The van der Waals surface area contributed by atoms with Crippen molar-refractivity contribution in [1.29, 1.82) is 0 Å². The average molecular weight is 284 g/mol. The van der Waals surface area contributed by atoms with Crippen LogP contribution in [0, 0.1) is 13.8 Å². The highest BCUT2D eigenvalue weighted by Crippen LogP contribution is 2.32. The maximum absolute atomic E-state index is 12.9. The summed E-state index contributed by atoms with van der Waals surface area (Å²) < 4.78 is 5.49. The largest absolute Gasteiger partial charge is 0.466 e. The lowest BCUT2D eigenvalue weighted by Gasteiger charge is -2.23. The predicted molar refractivity (Wildman–Crippen MR) is 82.5 cm³/mol. The molecule has 1 aliphatic heterocycles. The van der Waals surface area contributed by atoms with Gasteiger partial charge >= 0.3 is 0 Å². The first-order valence-corrected chi connectivity index (χ1v) is 7.31. The van der Waals surface area contributed by atoms with Crippen molar-refractivity contribution in [3.8, 4) is 0 Å². The Bertz CT molecular complexity index is 675. The number of rotatable bonds is 1. The van der Waals surface area contributed by atoms with Gasteiger partial charge in [0.15, 0.2) is 0 Å². The molecule has 1 amide bonds. The fourth-order valence-corrected chi connectivity index (χ4v) is 2.99. The van der Waals surface area contributed by atoms with E-state index in [4.69, 9.17) is 10.2 Å². The van der Waals surface area contributed by atoms with Crippen molar-refractivity contribution in [3.63, 3.8) is 0 Å². The number of hydrogen-bond acceptors (Lipinski definition) is 3. The van der Waals surface area contributed by atoms with Crippen molar-refractivity contribution in [2.24, 2.45) is 5.73 Å². The van der Waals surface area contributed by atoms with E-state index in [2.05, 4.69) is 0 Å². The third-order valence-electron chi connectivity index (χ3n) is 4.04. The molecule has 2 heterocycles. The average Bonchev–Trinajstić information content (AvgIpc) is 2.71. The number of nitrogens with zero attached hydrogens (tertiary/aromatic N) is 1. The number of furan rings is 1. The molecule has 2 N–H and O–H groups in total. The van der Waals surface area contributed by atoms with Crippen LogP contribution in [0.1, 0.15) is 46.3 Å². The molecule has 1 aromatic heterocycles. The summed E-state index contributed by atoms with van der Waals surface area (Å²) in [5.41, 5.74) is 8.83. The Morgan fingerprint density at radius 3 is 2.81 bits per heavy atom. The van der Waals surface area contributed by atoms with Gasteiger partial charge in [-0.25, -0.2) is 0 Å². The van der Waals surface area contributed by atoms with E-state index in [0.29, 0.717) is 17.9 Å². The first-order valence-electron chi connectivity index (χ1n) is 7.31. The van der Waals surface area contributed by atoms with E-state index in [1.807, 2.05) is 49.1 Å². The Morgan fingerprint density at radius 1 is 1.33 bits per heavy atom. The van der Waals surface area contributed by atoms with Gasteiger partial charge in [0.1, 0.15) is 11.5 Å². The molecule has 0 bridgehead atoms. The Kier molecular flexibility index (Phi) is 3.55. The van der Waals surface area contributed by atoms with Crippen molar-refractivity contribution in [2.75, 3.05) is 11.4 Å². The summed E-state index contributed by atoms with van der Waals surface area (Å²) in [7, 11) is 0. The molecule has 0 aliphatic carbocycles. The van der Waals surface area contributed by atoms with Crippen LogP contribution < -0.4 is 10.6 Å². The monoisotopic (exact) mass is 284 g/mol. The van der Waals surface area contributed by atoms with Crippen molar-refractivity contribution in [1.82, 2.24) is 0 Å². The Morgan fingerprint density at radius 2 is 2.10 bits per heavy atom. The van der Waals surface area contributed by atoms with Gasteiger partial charge in [0.05, 0.1) is 5.56 Å². The summed E-state index contributed by atoms with van der Waals surface area (Å²) in [6.45, 7) is 4.37. The van der Waals surface area contributed by atoms with Crippen LogP contribution in [0.3, 0.4) is 0 Å². The number of benzene rings is 1. The van der Waals surface area contributed by atoms with E-state index in [-0.39, 0.29) is 11.9 Å². The first kappa shape index (κ1) is 13.9. The maximum Gasteiger partial charge on any atom is 0.261 e. The van der Waals surface area contributed by atoms with Crippen LogP contribution in [0.4, 0.5) is 5.69 Å². The molecule has 4 heteroatoms. The number of nitrogens with two attached hydrogens (primary N) is 1. The number of para-hydroxylation sites is 1. The zero-order valence-electron chi connectivity index (χ0n) is 12.4. The molecular formula is C17H20N2O2. The number of hydrogen-bond donors (Lipinski definition) is 1. The van der Waals surface area contributed by atoms with E-state index in [0.717, 1.165) is 29.9 Å². The molecule has 0 fully saturated rings. The maximum atomic E-state index is 12.9. The number of fused-ring (bicyclic) bond motifs is 1. The van der Waals surface area contributed by atoms with Gasteiger partial charge in [0, 0.05) is 18.3 Å². The smallest absolute Gasteiger partial charge is 0.261 e. The van der Waals surface area contributed by atoms with E-state index < -0.39 is 0 Å². The minimum absolute atomic E-state index is 0.00816. The Labute approximate surface area is 124 Å². The highest BCUT2D eigenvalue weighted by Gasteiger charge is 2.27. The van der Waals surface area contributed by atoms with Gasteiger partial charge in [-0.1, -0.05) is 18.2 Å².